The van der Waals surface area contributed by atoms with Gasteiger partial charge in [0.05, 0.1) is 11.1 Å². The van der Waals surface area contributed by atoms with E-state index in [2.05, 4.69) is 225 Å². The van der Waals surface area contributed by atoms with E-state index in [0.717, 1.165) is 50.1 Å². The summed E-state index contributed by atoms with van der Waals surface area (Å²) in [4.78, 5) is 2.50. The molecule has 0 N–H and O–H groups in total. The van der Waals surface area contributed by atoms with Crippen LogP contribution in [0.1, 0.15) is 47.2 Å². The molecular formula is C58H41NO. The molecule has 0 saturated heterocycles. The third-order valence-corrected chi connectivity index (χ3v) is 13.4. The first kappa shape index (κ1) is 34.6. The molecule has 1 heterocycles. The molecular weight excluding hydrogens is 727 g/mol. The molecule has 0 fully saturated rings. The lowest BCUT2D eigenvalue weighted by Gasteiger charge is -2.38. The second-order valence-corrected chi connectivity index (χ2v) is 16.8. The van der Waals surface area contributed by atoms with E-state index in [0.29, 0.717) is 0 Å². The predicted octanol–water partition coefficient (Wildman–Crippen LogP) is 15.4. The molecule has 10 aromatic rings. The Bertz CT molecular complexity index is 3280. The number of anilines is 3. The fraction of sp³-hybridized carbons (Fsp3) is 0.0690. The van der Waals surface area contributed by atoms with E-state index in [1.165, 1.54) is 55.6 Å². The molecule has 60 heavy (non-hydrogen) atoms. The van der Waals surface area contributed by atoms with Gasteiger partial charge in [-0.15, -0.1) is 0 Å². The van der Waals surface area contributed by atoms with Crippen LogP contribution in [-0.2, 0) is 10.8 Å². The SMILES string of the molecule is CC1(C)c2ccccc2-c2ccc(N(c3ccccc3)c3cccc4c3C(c3ccccc3)(c3ccc(-c5cccc6c5oc5ccccc56)cc3)c3ccccc3-4)cc21. The van der Waals surface area contributed by atoms with Gasteiger partial charge < -0.3 is 9.32 Å². The fourth-order valence-corrected chi connectivity index (χ4v) is 10.7. The summed E-state index contributed by atoms with van der Waals surface area (Å²) in [6.07, 6.45) is 0. The van der Waals surface area contributed by atoms with E-state index in [4.69, 9.17) is 4.42 Å². The topological polar surface area (TPSA) is 16.4 Å². The van der Waals surface area contributed by atoms with Gasteiger partial charge in [-0.1, -0.05) is 190 Å². The number of benzene rings is 9. The standard InChI is InChI=1S/C58H41NO/c1-57(2)50-27-12-9-21-44(50)46-36-35-42(37-52(46)57)59(41-19-7-4-8-20-41)53-29-16-25-48-45-22-10-13-28-51(45)58(55(48)53,39-17-5-3-6-18-39)40-33-31-38(32-34-40)43-24-15-26-49-47-23-11-14-30-54(47)60-56(43)49/h3-37H,1-2H3. The van der Waals surface area contributed by atoms with E-state index in [9.17, 15) is 0 Å². The van der Waals surface area contributed by atoms with Gasteiger partial charge >= 0.3 is 0 Å². The van der Waals surface area contributed by atoms with Gasteiger partial charge in [0.1, 0.15) is 11.2 Å². The summed E-state index contributed by atoms with van der Waals surface area (Å²) in [6, 6.07) is 78.1. The normalized spacial score (nSPS) is 15.7. The lowest BCUT2D eigenvalue weighted by molar-refractivity contribution is 0.660. The Balaban J connectivity index is 1.11. The fourth-order valence-electron chi connectivity index (χ4n) is 10.7. The van der Waals surface area contributed by atoms with Gasteiger partial charge in [0.25, 0.3) is 0 Å². The third-order valence-electron chi connectivity index (χ3n) is 13.4. The van der Waals surface area contributed by atoms with Crippen molar-refractivity contribution in [2.24, 2.45) is 0 Å². The van der Waals surface area contributed by atoms with Gasteiger partial charge in [-0.05, 0) is 92.0 Å². The molecule has 2 heteroatoms. The summed E-state index contributed by atoms with van der Waals surface area (Å²) in [5.74, 6) is 0. The molecule has 2 aliphatic rings. The highest BCUT2D eigenvalue weighted by atomic mass is 16.3. The highest BCUT2D eigenvalue weighted by Gasteiger charge is 2.48. The Morgan fingerprint density at radius 2 is 0.983 bits per heavy atom. The number of furan rings is 1. The van der Waals surface area contributed by atoms with Crippen molar-refractivity contribution in [3.05, 3.63) is 246 Å². The Labute approximate surface area is 350 Å². The number of hydrogen-bond acceptors (Lipinski definition) is 2. The molecule has 0 aliphatic heterocycles. The van der Waals surface area contributed by atoms with Gasteiger partial charge in [0.15, 0.2) is 0 Å². The summed E-state index contributed by atoms with van der Waals surface area (Å²) in [6.45, 7) is 4.73. The summed E-state index contributed by atoms with van der Waals surface area (Å²) in [5.41, 5.74) is 19.6. The van der Waals surface area contributed by atoms with Crippen molar-refractivity contribution in [1.29, 1.82) is 0 Å². The van der Waals surface area contributed by atoms with Crippen molar-refractivity contribution >= 4 is 39.0 Å². The zero-order valence-corrected chi connectivity index (χ0v) is 33.6. The molecule has 12 rings (SSSR count). The molecule has 0 spiro atoms. The average Bonchev–Trinajstić information content (AvgIpc) is 3.92. The lowest BCUT2D eigenvalue weighted by atomic mass is 9.67. The smallest absolute Gasteiger partial charge is 0.143 e. The maximum absolute atomic E-state index is 6.53. The quantitative estimate of drug-likeness (QED) is 0.168. The van der Waals surface area contributed by atoms with Crippen LogP contribution in [0.5, 0.6) is 0 Å². The zero-order valence-electron chi connectivity index (χ0n) is 33.6. The largest absolute Gasteiger partial charge is 0.455 e. The minimum atomic E-state index is -0.632. The van der Waals surface area contributed by atoms with E-state index >= 15 is 0 Å². The number of rotatable bonds is 6. The van der Waals surface area contributed by atoms with Gasteiger partial charge in [0, 0.05) is 38.7 Å². The molecule has 0 amide bonds. The second kappa shape index (κ2) is 13.0. The monoisotopic (exact) mass is 767 g/mol. The predicted molar refractivity (Wildman–Crippen MR) is 249 cm³/mol. The molecule has 0 radical (unpaired) electrons. The molecule has 1 unspecified atom stereocenters. The molecule has 2 aliphatic carbocycles. The van der Waals surface area contributed by atoms with Crippen LogP contribution in [0.25, 0.3) is 55.3 Å². The number of nitrogens with zero attached hydrogens (tertiary/aromatic N) is 1. The maximum Gasteiger partial charge on any atom is 0.143 e. The Morgan fingerprint density at radius 1 is 0.400 bits per heavy atom. The van der Waals surface area contributed by atoms with Crippen LogP contribution in [0.15, 0.2) is 217 Å². The van der Waals surface area contributed by atoms with Crippen molar-refractivity contribution in [1.82, 2.24) is 0 Å². The minimum Gasteiger partial charge on any atom is -0.455 e. The highest BCUT2D eigenvalue weighted by Crippen LogP contribution is 2.60. The molecule has 0 saturated carbocycles. The van der Waals surface area contributed by atoms with E-state index < -0.39 is 5.41 Å². The number of hydrogen-bond donors (Lipinski definition) is 0. The number of para-hydroxylation sites is 3. The molecule has 284 valence electrons. The summed E-state index contributed by atoms with van der Waals surface area (Å²) in [7, 11) is 0. The molecule has 9 aromatic carbocycles. The van der Waals surface area contributed by atoms with Gasteiger partial charge in [-0.2, -0.15) is 0 Å². The Kier molecular flexibility index (Phi) is 7.52. The zero-order chi connectivity index (χ0) is 40.0. The van der Waals surface area contributed by atoms with Crippen LogP contribution < -0.4 is 4.90 Å². The molecule has 1 aromatic heterocycles. The summed E-state index contributed by atoms with van der Waals surface area (Å²) in [5, 5.41) is 2.27. The summed E-state index contributed by atoms with van der Waals surface area (Å²) < 4.78 is 6.53. The Morgan fingerprint density at radius 3 is 1.78 bits per heavy atom. The molecule has 2 nitrogen and oxygen atoms in total. The van der Waals surface area contributed by atoms with Crippen LogP contribution in [0, 0.1) is 0 Å². The van der Waals surface area contributed by atoms with Crippen molar-refractivity contribution in [3.63, 3.8) is 0 Å². The third kappa shape index (κ3) is 4.82. The summed E-state index contributed by atoms with van der Waals surface area (Å²) >= 11 is 0. The number of fused-ring (bicyclic) bond motifs is 9. The van der Waals surface area contributed by atoms with Crippen molar-refractivity contribution in [2.45, 2.75) is 24.7 Å². The van der Waals surface area contributed by atoms with Crippen LogP contribution in [0.3, 0.4) is 0 Å². The van der Waals surface area contributed by atoms with Gasteiger partial charge in [0.2, 0.25) is 0 Å². The first-order chi connectivity index (χ1) is 29.5. The van der Waals surface area contributed by atoms with Crippen LogP contribution in [0.2, 0.25) is 0 Å². The lowest BCUT2D eigenvalue weighted by Crippen LogP contribution is -2.30. The van der Waals surface area contributed by atoms with Crippen LogP contribution >= 0.6 is 0 Å². The van der Waals surface area contributed by atoms with E-state index in [1.54, 1.807) is 0 Å². The highest BCUT2D eigenvalue weighted by molar-refractivity contribution is 6.09. The molecule has 0 bridgehead atoms. The van der Waals surface area contributed by atoms with Crippen molar-refractivity contribution in [3.8, 4) is 33.4 Å². The van der Waals surface area contributed by atoms with Crippen LogP contribution in [-0.4, -0.2) is 0 Å². The minimum absolute atomic E-state index is 0.137. The van der Waals surface area contributed by atoms with Crippen LogP contribution in [0.4, 0.5) is 17.1 Å². The van der Waals surface area contributed by atoms with E-state index in [-0.39, 0.29) is 5.41 Å². The van der Waals surface area contributed by atoms with Crippen molar-refractivity contribution in [2.75, 3.05) is 4.90 Å². The first-order valence-electron chi connectivity index (χ1n) is 20.9. The maximum atomic E-state index is 6.53. The first-order valence-corrected chi connectivity index (χ1v) is 20.9. The Hall–Kier alpha value is -7.42. The van der Waals surface area contributed by atoms with Gasteiger partial charge in [-0.3, -0.25) is 0 Å². The van der Waals surface area contributed by atoms with Gasteiger partial charge in [-0.25, -0.2) is 0 Å². The average molecular weight is 768 g/mol. The molecule has 1 atom stereocenters. The van der Waals surface area contributed by atoms with Crippen molar-refractivity contribution < 1.29 is 4.42 Å². The second-order valence-electron chi connectivity index (χ2n) is 16.8. The van der Waals surface area contributed by atoms with E-state index in [1.807, 2.05) is 6.07 Å².